The molecule has 146 valence electrons. The van der Waals surface area contributed by atoms with Crippen molar-refractivity contribution < 1.29 is 0 Å². The van der Waals surface area contributed by atoms with Crippen molar-refractivity contribution in [2.75, 3.05) is 11.9 Å². The SMILES string of the molecule is Cc1ccc(NC(=S)N(CCc2nc3ccccc3[nH]2)C2CCCCC2)cc1. The zero-order chi connectivity index (χ0) is 19.3. The second kappa shape index (κ2) is 8.74. The van der Waals surface area contributed by atoms with Gasteiger partial charge in [-0.1, -0.05) is 49.1 Å². The normalized spacial score (nSPS) is 14.9. The highest BCUT2D eigenvalue weighted by Crippen LogP contribution is 2.24. The molecule has 4 nitrogen and oxygen atoms in total. The summed E-state index contributed by atoms with van der Waals surface area (Å²) in [5, 5.41) is 4.28. The molecule has 0 bridgehead atoms. The summed E-state index contributed by atoms with van der Waals surface area (Å²) in [5.74, 6) is 1.03. The van der Waals surface area contributed by atoms with Crippen molar-refractivity contribution in [2.24, 2.45) is 0 Å². The van der Waals surface area contributed by atoms with Crippen LogP contribution in [0, 0.1) is 6.92 Å². The van der Waals surface area contributed by atoms with Gasteiger partial charge in [0.1, 0.15) is 5.82 Å². The van der Waals surface area contributed by atoms with Gasteiger partial charge in [0.05, 0.1) is 11.0 Å². The Labute approximate surface area is 172 Å². The first-order valence-corrected chi connectivity index (χ1v) is 10.7. The van der Waals surface area contributed by atoms with Gasteiger partial charge in [-0.15, -0.1) is 0 Å². The Morgan fingerprint density at radius 2 is 1.86 bits per heavy atom. The molecule has 1 saturated carbocycles. The van der Waals surface area contributed by atoms with Gasteiger partial charge < -0.3 is 15.2 Å². The highest BCUT2D eigenvalue weighted by Gasteiger charge is 2.23. The molecule has 0 aliphatic heterocycles. The van der Waals surface area contributed by atoms with Gasteiger partial charge in [-0.05, 0) is 56.2 Å². The van der Waals surface area contributed by atoms with Crippen LogP contribution in [0.15, 0.2) is 48.5 Å². The Balaban J connectivity index is 1.47. The number of imidazole rings is 1. The number of fused-ring (bicyclic) bond motifs is 1. The van der Waals surface area contributed by atoms with E-state index in [4.69, 9.17) is 17.2 Å². The highest BCUT2D eigenvalue weighted by atomic mass is 32.1. The summed E-state index contributed by atoms with van der Waals surface area (Å²) in [6, 6.07) is 17.1. The van der Waals surface area contributed by atoms with E-state index in [1.165, 1.54) is 37.7 Å². The molecule has 0 unspecified atom stereocenters. The van der Waals surface area contributed by atoms with Gasteiger partial charge in [0.15, 0.2) is 5.11 Å². The maximum Gasteiger partial charge on any atom is 0.173 e. The molecular formula is C23H28N4S. The molecule has 1 aliphatic rings. The van der Waals surface area contributed by atoms with Crippen molar-refractivity contribution in [3.63, 3.8) is 0 Å². The summed E-state index contributed by atoms with van der Waals surface area (Å²) >= 11 is 5.84. The van der Waals surface area contributed by atoms with Crippen LogP contribution >= 0.6 is 12.2 Å². The van der Waals surface area contributed by atoms with Crippen molar-refractivity contribution >= 4 is 34.1 Å². The van der Waals surface area contributed by atoms with Gasteiger partial charge >= 0.3 is 0 Å². The number of nitrogens with one attached hydrogen (secondary N) is 2. The summed E-state index contributed by atoms with van der Waals surface area (Å²) in [5.41, 5.74) is 4.44. The number of hydrogen-bond donors (Lipinski definition) is 2. The Morgan fingerprint density at radius 3 is 2.61 bits per heavy atom. The molecule has 4 rings (SSSR count). The monoisotopic (exact) mass is 392 g/mol. The molecule has 0 spiro atoms. The number of benzene rings is 2. The van der Waals surface area contributed by atoms with E-state index in [2.05, 4.69) is 58.5 Å². The smallest absolute Gasteiger partial charge is 0.173 e. The zero-order valence-corrected chi connectivity index (χ0v) is 17.3. The van der Waals surface area contributed by atoms with Crippen LogP contribution in [0.25, 0.3) is 11.0 Å². The number of hydrogen-bond acceptors (Lipinski definition) is 2. The third-order valence-electron chi connectivity index (χ3n) is 5.61. The minimum atomic E-state index is 0.517. The summed E-state index contributed by atoms with van der Waals surface area (Å²) in [6.07, 6.45) is 7.22. The number of nitrogens with zero attached hydrogens (tertiary/aromatic N) is 2. The molecule has 1 aliphatic carbocycles. The number of aryl methyl sites for hydroxylation is 1. The molecular weight excluding hydrogens is 364 g/mol. The third kappa shape index (κ3) is 4.53. The van der Waals surface area contributed by atoms with E-state index in [-0.39, 0.29) is 0 Å². The standard InChI is InChI=1S/C23H28N4S/c1-17-11-13-18(14-12-17)24-23(28)27(19-7-3-2-4-8-19)16-15-22-25-20-9-5-6-10-21(20)26-22/h5-6,9-14,19H,2-4,7-8,15-16H2,1H3,(H,24,28)(H,25,26). The summed E-state index contributed by atoms with van der Waals surface area (Å²) in [4.78, 5) is 10.6. The number of aromatic nitrogens is 2. The molecule has 0 radical (unpaired) electrons. The topological polar surface area (TPSA) is 44.0 Å². The Hall–Kier alpha value is -2.40. The minimum Gasteiger partial charge on any atom is -0.346 e. The van der Waals surface area contributed by atoms with E-state index in [0.717, 1.165) is 40.6 Å². The number of H-pyrrole nitrogens is 1. The zero-order valence-electron chi connectivity index (χ0n) is 16.4. The van der Waals surface area contributed by atoms with Crippen LogP contribution in [0.3, 0.4) is 0 Å². The first-order chi connectivity index (χ1) is 13.7. The van der Waals surface area contributed by atoms with E-state index in [1.807, 2.05) is 12.1 Å². The van der Waals surface area contributed by atoms with Crippen molar-refractivity contribution in [1.29, 1.82) is 0 Å². The molecule has 1 fully saturated rings. The number of rotatable bonds is 5. The van der Waals surface area contributed by atoms with Crippen molar-refractivity contribution in [2.45, 2.75) is 51.5 Å². The van der Waals surface area contributed by atoms with Crippen molar-refractivity contribution in [3.8, 4) is 0 Å². The van der Waals surface area contributed by atoms with Gasteiger partial charge in [-0.3, -0.25) is 0 Å². The minimum absolute atomic E-state index is 0.517. The van der Waals surface area contributed by atoms with E-state index < -0.39 is 0 Å². The predicted octanol–water partition coefficient (Wildman–Crippen LogP) is 5.45. The first kappa shape index (κ1) is 18.9. The third-order valence-corrected chi connectivity index (χ3v) is 5.94. The van der Waals surface area contributed by atoms with E-state index in [9.17, 15) is 0 Å². The second-order valence-electron chi connectivity index (χ2n) is 7.73. The van der Waals surface area contributed by atoms with E-state index in [0.29, 0.717) is 6.04 Å². The fraction of sp³-hybridized carbons (Fsp3) is 0.391. The lowest BCUT2D eigenvalue weighted by Gasteiger charge is -2.36. The highest BCUT2D eigenvalue weighted by molar-refractivity contribution is 7.80. The Kier molecular flexibility index (Phi) is 5.91. The van der Waals surface area contributed by atoms with E-state index in [1.54, 1.807) is 0 Å². The lowest BCUT2D eigenvalue weighted by Crippen LogP contribution is -2.44. The summed E-state index contributed by atoms with van der Waals surface area (Å²) in [6.45, 7) is 2.98. The van der Waals surface area contributed by atoms with Crippen LogP contribution in [0.5, 0.6) is 0 Å². The first-order valence-electron chi connectivity index (χ1n) is 10.3. The molecule has 0 atom stereocenters. The van der Waals surface area contributed by atoms with Crippen molar-refractivity contribution in [1.82, 2.24) is 14.9 Å². The molecule has 1 heterocycles. The van der Waals surface area contributed by atoms with Crippen molar-refractivity contribution in [3.05, 3.63) is 59.9 Å². The lowest BCUT2D eigenvalue weighted by molar-refractivity contribution is 0.247. The number of aromatic amines is 1. The van der Waals surface area contributed by atoms with Gasteiger partial charge in [0.2, 0.25) is 0 Å². The van der Waals surface area contributed by atoms with Gasteiger partial charge in [-0.2, -0.15) is 0 Å². The number of para-hydroxylation sites is 2. The Morgan fingerprint density at radius 1 is 1.11 bits per heavy atom. The molecule has 5 heteroatoms. The average molecular weight is 393 g/mol. The second-order valence-corrected chi connectivity index (χ2v) is 8.12. The van der Waals surface area contributed by atoms with Gasteiger partial charge in [0.25, 0.3) is 0 Å². The molecule has 3 aromatic rings. The summed E-state index contributed by atoms with van der Waals surface area (Å²) < 4.78 is 0. The van der Waals surface area contributed by atoms with Crippen LogP contribution in [-0.2, 0) is 6.42 Å². The average Bonchev–Trinajstić information content (AvgIpc) is 3.13. The maximum atomic E-state index is 5.84. The molecule has 0 amide bonds. The van der Waals surface area contributed by atoms with Gasteiger partial charge in [0, 0.05) is 24.7 Å². The Bertz CT molecular complexity index is 892. The molecule has 28 heavy (non-hydrogen) atoms. The molecule has 2 N–H and O–H groups in total. The predicted molar refractivity (Wildman–Crippen MR) is 121 cm³/mol. The molecule has 1 aromatic heterocycles. The summed E-state index contributed by atoms with van der Waals surface area (Å²) in [7, 11) is 0. The van der Waals surface area contributed by atoms with E-state index >= 15 is 0 Å². The number of anilines is 1. The van der Waals surface area contributed by atoms with Crippen LogP contribution in [0.4, 0.5) is 5.69 Å². The van der Waals surface area contributed by atoms with Crippen LogP contribution in [-0.4, -0.2) is 32.6 Å². The van der Waals surface area contributed by atoms with Crippen LogP contribution in [0.1, 0.15) is 43.5 Å². The quantitative estimate of drug-likeness (QED) is 0.567. The fourth-order valence-electron chi connectivity index (χ4n) is 4.03. The lowest BCUT2D eigenvalue weighted by atomic mass is 9.94. The maximum absolute atomic E-state index is 5.84. The fourth-order valence-corrected chi connectivity index (χ4v) is 4.38. The van der Waals surface area contributed by atoms with Crippen LogP contribution in [0.2, 0.25) is 0 Å². The molecule has 0 saturated heterocycles. The van der Waals surface area contributed by atoms with Crippen LogP contribution < -0.4 is 5.32 Å². The largest absolute Gasteiger partial charge is 0.346 e. The number of thiocarbonyl (C=S) groups is 1. The molecule has 2 aromatic carbocycles. The van der Waals surface area contributed by atoms with Gasteiger partial charge in [-0.25, -0.2) is 4.98 Å².